The molecular weight excluding hydrogens is 293 g/mol. The Balaban J connectivity index is 2.33. The van der Waals surface area contributed by atoms with Crippen LogP contribution < -0.4 is 4.72 Å². The smallest absolute Gasteiger partial charge is 0.241 e. The van der Waals surface area contributed by atoms with Crippen molar-refractivity contribution in [1.29, 1.82) is 0 Å². The van der Waals surface area contributed by atoms with Crippen molar-refractivity contribution < 1.29 is 17.9 Å². The van der Waals surface area contributed by atoms with Gasteiger partial charge in [-0.2, -0.15) is 0 Å². The van der Waals surface area contributed by atoms with E-state index in [1.165, 1.54) is 6.07 Å². The lowest BCUT2D eigenvalue weighted by molar-refractivity contribution is 0.278. The highest BCUT2D eigenvalue weighted by atomic mass is 32.2. The highest BCUT2D eigenvalue weighted by Gasteiger charge is 2.22. The van der Waals surface area contributed by atoms with Gasteiger partial charge in [0.1, 0.15) is 5.82 Å². The van der Waals surface area contributed by atoms with Crippen LogP contribution in [-0.4, -0.2) is 13.5 Å². The van der Waals surface area contributed by atoms with E-state index < -0.39 is 28.5 Å². The van der Waals surface area contributed by atoms with E-state index >= 15 is 0 Å². The lowest BCUT2D eigenvalue weighted by atomic mass is 10.1. The zero-order valence-corrected chi connectivity index (χ0v) is 12.3. The molecule has 0 aliphatic carbocycles. The van der Waals surface area contributed by atoms with E-state index in [4.69, 9.17) is 0 Å². The summed E-state index contributed by atoms with van der Waals surface area (Å²) in [5.74, 6) is -0.667. The Morgan fingerprint density at radius 1 is 1.19 bits per heavy atom. The van der Waals surface area contributed by atoms with Crippen molar-refractivity contribution >= 4 is 10.0 Å². The minimum absolute atomic E-state index is 0.157. The molecule has 2 aromatic carbocycles. The van der Waals surface area contributed by atoms with Crippen molar-refractivity contribution in [3.05, 3.63) is 65.5 Å². The van der Waals surface area contributed by atoms with Crippen LogP contribution in [0, 0.1) is 5.82 Å². The second-order valence-electron chi connectivity index (χ2n) is 4.66. The highest BCUT2D eigenvalue weighted by molar-refractivity contribution is 7.89. The maximum atomic E-state index is 13.3. The van der Waals surface area contributed by atoms with Gasteiger partial charge in [0.15, 0.2) is 0 Å². The summed E-state index contributed by atoms with van der Waals surface area (Å²) in [6.07, 6.45) is 0. The molecule has 0 spiro atoms. The van der Waals surface area contributed by atoms with Gasteiger partial charge in [0.05, 0.1) is 11.5 Å². The van der Waals surface area contributed by atoms with E-state index in [1.807, 2.05) is 18.2 Å². The quantitative estimate of drug-likeness (QED) is 0.891. The average molecular weight is 309 g/mol. The van der Waals surface area contributed by atoms with Crippen LogP contribution in [-0.2, 0) is 16.6 Å². The number of hydrogen-bond acceptors (Lipinski definition) is 3. The van der Waals surface area contributed by atoms with Crippen LogP contribution in [0.15, 0.2) is 53.4 Å². The third kappa shape index (κ3) is 3.66. The zero-order valence-electron chi connectivity index (χ0n) is 11.5. The number of benzene rings is 2. The lowest BCUT2D eigenvalue weighted by Gasteiger charge is -2.16. The van der Waals surface area contributed by atoms with Crippen LogP contribution in [0.4, 0.5) is 4.39 Å². The zero-order chi connectivity index (χ0) is 15.5. The van der Waals surface area contributed by atoms with Crippen molar-refractivity contribution in [2.45, 2.75) is 24.5 Å². The van der Waals surface area contributed by atoms with Gasteiger partial charge < -0.3 is 5.11 Å². The van der Waals surface area contributed by atoms with Crippen LogP contribution in [0.1, 0.15) is 24.1 Å². The first-order valence-corrected chi connectivity index (χ1v) is 7.89. The maximum Gasteiger partial charge on any atom is 0.241 e. The Bertz CT molecular complexity index is 717. The molecule has 4 nitrogen and oxygen atoms in total. The third-order valence-corrected chi connectivity index (χ3v) is 4.74. The van der Waals surface area contributed by atoms with Gasteiger partial charge in [0.2, 0.25) is 10.0 Å². The number of rotatable bonds is 5. The van der Waals surface area contributed by atoms with Crippen molar-refractivity contribution in [3.8, 4) is 0 Å². The molecule has 21 heavy (non-hydrogen) atoms. The van der Waals surface area contributed by atoms with E-state index in [9.17, 15) is 17.9 Å². The SMILES string of the molecule is CC(NS(=O)(=O)c1cc(F)ccc1CO)c1ccccc1. The molecule has 0 aliphatic rings. The molecule has 2 rings (SSSR count). The van der Waals surface area contributed by atoms with E-state index in [1.54, 1.807) is 19.1 Å². The molecule has 0 radical (unpaired) electrons. The van der Waals surface area contributed by atoms with Crippen LogP contribution in [0.5, 0.6) is 0 Å². The van der Waals surface area contributed by atoms with Crippen LogP contribution in [0.3, 0.4) is 0 Å². The molecule has 0 amide bonds. The highest BCUT2D eigenvalue weighted by Crippen LogP contribution is 2.21. The van der Waals surface area contributed by atoms with Gasteiger partial charge >= 0.3 is 0 Å². The van der Waals surface area contributed by atoms with Crippen molar-refractivity contribution in [1.82, 2.24) is 4.72 Å². The Morgan fingerprint density at radius 2 is 1.86 bits per heavy atom. The van der Waals surface area contributed by atoms with Gasteiger partial charge in [-0.1, -0.05) is 36.4 Å². The fraction of sp³-hybridized carbons (Fsp3) is 0.200. The molecule has 2 aromatic rings. The standard InChI is InChI=1S/C15H16FNO3S/c1-11(12-5-3-2-4-6-12)17-21(19,20)15-9-14(16)8-7-13(15)10-18/h2-9,11,17-18H,10H2,1H3. The van der Waals surface area contributed by atoms with Gasteiger partial charge in [0, 0.05) is 6.04 Å². The van der Waals surface area contributed by atoms with Gasteiger partial charge in [-0.15, -0.1) is 0 Å². The first-order chi connectivity index (χ1) is 9.94. The second-order valence-corrected chi connectivity index (χ2v) is 6.35. The molecular formula is C15H16FNO3S. The monoisotopic (exact) mass is 309 g/mol. The molecule has 0 aliphatic heterocycles. The number of aliphatic hydroxyl groups is 1. The minimum atomic E-state index is -3.92. The van der Waals surface area contributed by atoms with Gasteiger partial charge in [-0.05, 0) is 30.2 Å². The van der Waals surface area contributed by atoms with E-state index in [2.05, 4.69) is 4.72 Å². The van der Waals surface area contributed by atoms with Crippen molar-refractivity contribution in [3.63, 3.8) is 0 Å². The number of nitrogens with one attached hydrogen (secondary N) is 1. The van der Waals surface area contributed by atoms with Crippen LogP contribution in [0.25, 0.3) is 0 Å². The predicted molar refractivity (Wildman–Crippen MR) is 77.5 cm³/mol. The normalized spacial score (nSPS) is 13.1. The van der Waals surface area contributed by atoms with E-state index in [0.717, 1.165) is 17.7 Å². The summed E-state index contributed by atoms with van der Waals surface area (Å²) in [5, 5.41) is 9.21. The molecule has 0 bridgehead atoms. The topological polar surface area (TPSA) is 66.4 Å². The first kappa shape index (κ1) is 15.6. The number of sulfonamides is 1. The van der Waals surface area contributed by atoms with Gasteiger partial charge in [-0.25, -0.2) is 17.5 Å². The fourth-order valence-electron chi connectivity index (χ4n) is 2.02. The Morgan fingerprint density at radius 3 is 2.48 bits per heavy atom. The summed E-state index contributed by atoms with van der Waals surface area (Å²) in [4.78, 5) is -0.243. The van der Waals surface area contributed by atoms with Crippen molar-refractivity contribution in [2.24, 2.45) is 0 Å². The number of hydrogen-bond donors (Lipinski definition) is 2. The molecule has 1 atom stereocenters. The second kappa shape index (κ2) is 6.34. The van der Waals surface area contributed by atoms with Crippen molar-refractivity contribution in [2.75, 3.05) is 0 Å². The van der Waals surface area contributed by atoms with Gasteiger partial charge in [0.25, 0.3) is 0 Å². The summed E-state index contributed by atoms with van der Waals surface area (Å²) in [7, 11) is -3.92. The molecule has 0 aromatic heterocycles. The molecule has 112 valence electrons. The number of aliphatic hydroxyl groups excluding tert-OH is 1. The Labute approximate surface area is 123 Å². The third-order valence-electron chi connectivity index (χ3n) is 3.12. The summed E-state index contributed by atoms with van der Waals surface area (Å²) in [6.45, 7) is 1.22. The summed E-state index contributed by atoms with van der Waals surface area (Å²) in [6, 6.07) is 11.9. The molecule has 0 heterocycles. The molecule has 6 heteroatoms. The predicted octanol–water partition coefficient (Wildman–Crippen LogP) is 2.36. The van der Waals surface area contributed by atoms with E-state index in [-0.39, 0.29) is 10.5 Å². The lowest BCUT2D eigenvalue weighted by Crippen LogP contribution is -2.27. The Kier molecular flexibility index (Phi) is 4.72. The van der Waals surface area contributed by atoms with Crippen LogP contribution in [0.2, 0.25) is 0 Å². The molecule has 0 saturated carbocycles. The largest absolute Gasteiger partial charge is 0.392 e. The maximum absolute atomic E-state index is 13.3. The summed E-state index contributed by atoms with van der Waals surface area (Å²) in [5.41, 5.74) is 0.951. The fourth-order valence-corrected chi connectivity index (χ4v) is 3.49. The summed E-state index contributed by atoms with van der Waals surface area (Å²) < 4.78 is 40.5. The molecule has 1 unspecified atom stereocenters. The van der Waals surface area contributed by atoms with E-state index in [0.29, 0.717) is 0 Å². The molecule has 0 fully saturated rings. The van der Waals surface area contributed by atoms with Gasteiger partial charge in [-0.3, -0.25) is 0 Å². The minimum Gasteiger partial charge on any atom is -0.392 e. The Hall–Kier alpha value is -1.76. The average Bonchev–Trinajstić information content (AvgIpc) is 2.47. The number of halogens is 1. The molecule has 2 N–H and O–H groups in total. The summed E-state index contributed by atoms with van der Waals surface area (Å²) >= 11 is 0. The molecule has 0 saturated heterocycles. The van der Waals surface area contributed by atoms with Crippen LogP contribution >= 0.6 is 0 Å². The first-order valence-electron chi connectivity index (χ1n) is 6.40.